The smallest absolute Gasteiger partial charge is 0.343 e. The summed E-state index contributed by atoms with van der Waals surface area (Å²) in [5.41, 5.74) is 0.811. The summed E-state index contributed by atoms with van der Waals surface area (Å²) < 4.78 is 5.15. The fourth-order valence-corrected chi connectivity index (χ4v) is 1.84. The van der Waals surface area contributed by atoms with E-state index >= 15 is 0 Å². The molecule has 0 atom stereocenters. The molecule has 0 saturated carbocycles. The Hall–Kier alpha value is -2.02. The van der Waals surface area contributed by atoms with Gasteiger partial charge in [-0.1, -0.05) is 23.2 Å². The third-order valence-electron chi connectivity index (χ3n) is 2.35. The SMILES string of the molecule is N#Cc1ccc(C(=O)Oc2ccc(Cl)cc2Cl)cc1. The Morgan fingerprint density at radius 1 is 1.11 bits per heavy atom. The van der Waals surface area contributed by atoms with E-state index in [1.807, 2.05) is 6.07 Å². The molecule has 2 aromatic rings. The van der Waals surface area contributed by atoms with E-state index < -0.39 is 5.97 Å². The lowest BCUT2D eigenvalue weighted by molar-refractivity contribution is 0.0735. The molecule has 0 N–H and O–H groups in total. The maximum atomic E-state index is 11.9. The number of carbonyl (C=O) groups is 1. The van der Waals surface area contributed by atoms with Crippen molar-refractivity contribution in [2.45, 2.75) is 0 Å². The molecule has 2 aromatic carbocycles. The number of benzene rings is 2. The number of nitrogens with zero attached hydrogens (tertiary/aromatic N) is 1. The van der Waals surface area contributed by atoms with Gasteiger partial charge in [0, 0.05) is 5.02 Å². The molecule has 0 radical (unpaired) electrons. The molecule has 19 heavy (non-hydrogen) atoms. The molecule has 0 aliphatic carbocycles. The van der Waals surface area contributed by atoms with E-state index in [2.05, 4.69) is 0 Å². The van der Waals surface area contributed by atoms with Crippen molar-refractivity contribution in [3.05, 3.63) is 63.6 Å². The number of hydrogen-bond acceptors (Lipinski definition) is 3. The first-order chi connectivity index (χ1) is 9.10. The number of nitriles is 1. The van der Waals surface area contributed by atoms with Crippen molar-refractivity contribution in [3.8, 4) is 11.8 Å². The minimum Gasteiger partial charge on any atom is -0.421 e. The summed E-state index contributed by atoms with van der Waals surface area (Å²) in [7, 11) is 0. The van der Waals surface area contributed by atoms with Crippen LogP contribution in [0.2, 0.25) is 10.0 Å². The van der Waals surface area contributed by atoms with E-state index in [0.717, 1.165) is 0 Å². The van der Waals surface area contributed by atoms with Crippen LogP contribution in [0.25, 0.3) is 0 Å². The molecule has 0 bridgehead atoms. The number of esters is 1. The summed E-state index contributed by atoms with van der Waals surface area (Å²) in [6.07, 6.45) is 0. The molecule has 0 aliphatic rings. The summed E-state index contributed by atoms with van der Waals surface area (Å²) in [6.45, 7) is 0. The lowest BCUT2D eigenvalue weighted by Gasteiger charge is -2.06. The van der Waals surface area contributed by atoms with Crippen LogP contribution < -0.4 is 4.74 Å². The van der Waals surface area contributed by atoms with Crippen molar-refractivity contribution in [2.75, 3.05) is 0 Å². The van der Waals surface area contributed by atoms with Crippen LogP contribution in [-0.4, -0.2) is 5.97 Å². The van der Waals surface area contributed by atoms with Crippen LogP contribution in [0.4, 0.5) is 0 Å². The third-order valence-corrected chi connectivity index (χ3v) is 2.88. The topological polar surface area (TPSA) is 50.1 Å². The maximum Gasteiger partial charge on any atom is 0.343 e. The maximum absolute atomic E-state index is 11.9. The summed E-state index contributed by atoms with van der Waals surface area (Å²) in [5, 5.41) is 9.39. The molecule has 0 fully saturated rings. The van der Waals surface area contributed by atoms with Crippen molar-refractivity contribution >= 4 is 29.2 Å². The first-order valence-corrected chi connectivity index (χ1v) is 6.03. The second kappa shape index (κ2) is 5.75. The van der Waals surface area contributed by atoms with Crippen molar-refractivity contribution in [3.63, 3.8) is 0 Å². The molecule has 0 aromatic heterocycles. The lowest BCUT2D eigenvalue weighted by Crippen LogP contribution is -2.08. The number of halogens is 2. The quantitative estimate of drug-likeness (QED) is 0.619. The Morgan fingerprint density at radius 3 is 2.37 bits per heavy atom. The number of hydrogen-bond donors (Lipinski definition) is 0. The van der Waals surface area contributed by atoms with Gasteiger partial charge >= 0.3 is 5.97 Å². The molecule has 3 nitrogen and oxygen atoms in total. The zero-order valence-electron chi connectivity index (χ0n) is 9.56. The summed E-state index contributed by atoms with van der Waals surface area (Å²) in [6, 6.07) is 12.7. The first-order valence-electron chi connectivity index (χ1n) is 5.27. The summed E-state index contributed by atoms with van der Waals surface area (Å²) in [4.78, 5) is 11.9. The minimum atomic E-state index is -0.547. The van der Waals surface area contributed by atoms with Gasteiger partial charge in [-0.25, -0.2) is 4.79 Å². The number of carbonyl (C=O) groups excluding carboxylic acids is 1. The van der Waals surface area contributed by atoms with Crippen LogP contribution >= 0.6 is 23.2 Å². The third kappa shape index (κ3) is 3.25. The van der Waals surface area contributed by atoms with Crippen LogP contribution in [0.15, 0.2) is 42.5 Å². The highest BCUT2D eigenvalue weighted by atomic mass is 35.5. The monoisotopic (exact) mass is 291 g/mol. The van der Waals surface area contributed by atoms with E-state index in [0.29, 0.717) is 16.1 Å². The predicted octanol–water partition coefficient (Wildman–Crippen LogP) is 4.08. The highest BCUT2D eigenvalue weighted by Gasteiger charge is 2.11. The molecule has 0 amide bonds. The Bertz CT molecular complexity index is 660. The molecular weight excluding hydrogens is 285 g/mol. The van der Waals surface area contributed by atoms with Gasteiger partial charge in [-0.2, -0.15) is 5.26 Å². The summed E-state index contributed by atoms with van der Waals surface area (Å²) in [5.74, 6) is -0.311. The Labute approximate surface area is 119 Å². The largest absolute Gasteiger partial charge is 0.421 e. The van der Waals surface area contributed by atoms with E-state index in [1.54, 1.807) is 18.2 Å². The summed E-state index contributed by atoms with van der Waals surface area (Å²) >= 11 is 11.7. The van der Waals surface area contributed by atoms with Gasteiger partial charge in [0.15, 0.2) is 0 Å². The van der Waals surface area contributed by atoms with Crippen LogP contribution in [0.5, 0.6) is 5.75 Å². The van der Waals surface area contributed by atoms with Gasteiger partial charge < -0.3 is 4.74 Å². The fourth-order valence-electron chi connectivity index (χ4n) is 1.40. The van der Waals surface area contributed by atoms with Crippen molar-refractivity contribution in [1.29, 1.82) is 5.26 Å². The molecule has 0 heterocycles. The van der Waals surface area contributed by atoms with Crippen molar-refractivity contribution < 1.29 is 9.53 Å². The van der Waals surface area contributed by atoms with Crippen LogP contribution in [0.3, 0.4) is 0 Å². The second-order valence-electron chi connectivity index (χ2n) is 3.65. The standard InChI is InChI=1S/C14H7Cl2NO2/c15-11-5-6-13(12(16)7-11)19-14(18)10-3-1-9(8-17)2-4-10/h1-7H. The molecular formula is C14H7Cl2NO2. The fraction of sp³-hybridized carbons (Fsp3) is 0. The van der Waals surface area contributed by atoms with E-state index in [9.17, 15) is 4.79 Å². The van der Waals surface area contributed by atoms with Crippen molar-refractivity contribution in [2.24, 2.45) is 0 Å². The van der Waals surface area contributed by atoms with Gasteiger partial charge in [-0.15, -0.1) is 0 Å². The average Bonchev–Trinajstić information content (AvgIpc) is 2.42. The van der Waals surface area contributed by atoms with E-state index in [1.165, 1.54) is 24.3 Å². The Kier molecular flexibility index (Phi) is 4.06. The van der Waals surface area contributed by atoms with Crippen LogP contribution in [-0.2, 0) is 0 Å². The normalized spacial score (nSPS) is 9.74. The highest BCUT2D eigenvalue weighted by Crippen LogP contribution is 2.28. The first kappa shape index (κ1) is 13.4. The van der Waals surface area contributed by atoms with Crippen LogP contribution in [0.1, 0.15) is 15.9 Å². The Balaban J connectivity index is 2.18. The molecule has 0 unspecified atom stereocenters. The number of rotatable bonds is 2. The molecule has 2 rings (SSSR count). The minimum absolute atomic E-state index is 0.237. The van der Waals surface area contributed by atoms with Crippen LogP contribution in [0, 0.1) is 11.3 Å². The molecule has 94 valence electrons. The van der Waals surface area contributed by atoms with Gasteiger partial charge in [0.05, 0.1) is 22.2 Å². The lowest BCUT2D eigenvalue weighted by atomic mass is 10.1. The van der Waals surface area contributed by atoms with Gasteiger partial charge in [0.1, 0.15) is 5.75 Å². The predicted molar refractivity (Wildman–Crippen MR) is 72.6 cm³/mol. The number of ether oxygens (including phenoxy) is 1. The van der Waals surface area contributed by atoms with Gasteiger partial charge in [-0.05, 0) is 42.5 Å². The second-order valence-corrected chi connectivity index (χ2v) is 4.50. The highest BCUT2D eigenvalue weighted by molar-refractivity contribution is 6.35. The van der Waals surface area contributed by atoms with E-state index in [-0.39, 0.29) is 10.8 Å². The van der Waals surface area contributed by atoms with Gasteiger partial charge in [0.2, 0.25) is 0 Å². The van der Waals surface area contributed by atoms with Gasteiger partial charge in [0.25, 0.3) is 0 Å². The van der Waals surface area contributed by atoms with Crippen molar-refractivity contribution in [1.82, 2.24) is 0 Å². The zero-order valence-corrected chi connectivity index (χ0v) is 11.1. The molecule has 5 heteroatoms. The average molecular weight is 292 g/mol. The van der Waals surface area contributed by atoms with Gasteiger partial charge in [-0.3, -0.25) is 0 Å². The molecule has 0 aliphatic heterocycles. The van der Waals surface area contributed by atoms with E-state index in [4.69, 9.17) is 33.2 Å². The zero-order chi connectivity index (χ0) is 13.8. The molecule has 0 spiro atoms. The molecule has 0 saturated heterocycles. The Morgan fingerprint density at radius 2 is 1.79 bits per heavy atom.